The second-order valence-electron chi connectivity index (χ2n) is 3.40. The molecule has 0 bridgehead atoms. The number of anilines is 1. The third-order valence-corrected chi connectivity index (χ3v) is 3.42. The van der Waals surface area contributed by atoms with Gasteiger partial charge in [-0.1, -0.05) is 17.4 Å². The number of methoxy groups -OCH3 is 2. The summed E-state index contributed by atoms with van der Waals surface area (Å²) >= 11 is 1.39. The summed E-state index contributed by atoms with van der Waals surface area (Å²) in [6, 6.07) is 3.82. The van der Waals surface area contributed by atoms with E-state index >= 15 is 0 Å². The molecule has 17 heavy (non-hydrogen) atoms. The highest BCUT2D eigenvalue weighted by molar-refractivity contribution is 7.22. The summed E-state index contributed by atoms with van der Waals surface area (Å²) in [7, 11) is 2.91. The van der Waals surface area contributed by atoms with Crippen LogP contribution >= 0.6 is 11.3 Å². The van der Waals surface area contributed by atoms with Crippen LogP contribution in [0.25, 0.3) is 10.2 Å². The van der Waals surface area contributed by atoms with Gasteiger partial charge in [-0.3, -0.25) is 5.32 Å². The van der Waals surface area contributed by atoms with Crippen LogP contribution in [0.2, 0.25) is 0 Å². The second kappa shape index (κ2) is 4.58. The molecule has 6 heteroatoms. The molecule has 1 aromatic carbocycles. The van der Waals surface area contributed by atoms with Crippen LogP contribution in [-0.2, 0) is 4.74 Å². The van der Waals surface area contributed by atoms with Gasteiger partial charge in [0, 0.05) is 0 Å². The van der Waals surface area contributed by atoms with Crippen molar-refractivity contribution < 1.29 is 14.3 Å². The maximum Gasteiger partial charge on any atom is 0.413 e. The average Bonchev–Trinajstić information content (AvgIpc) is 2.74. The molecule has 0 aliphatic rings. The van der Waals surface area contributed by atoms with Crippen LogP contribution < -0.4 is 10.1 Å². The van der Waals surface area contributed by atoms with Crippen LogP contribution in [0.3, 0.4) is 0 Å². The Morgan fingerprint density at radius 2 is 2.18 bits per heavy atom. The van der Waals surface area contributed by atoms with Gasteiger partial charge in [-0.25, -0.2) is 9.78 Å². The zero-order chi connectivity index (χ0) is 12.4. The van der Waals surface area contributed by atoms with Gasteiger partial charge in [0.25, 0.3) is 0 Å². The fourth-order valence-electron chi connectivity index (χ4n) is 1.47. The standard InChI is InChI=1S/C11H12N2O3S/c1-6-4-5-7(15-2)8-9(6)17-10(12-8)13-11(14)16-3/h4-5H,1-3H3,(H,12,13,14). The van der Waals surface area contributed by atoms with Crippen molar-refractivity contribution in [3.8, 4) is 5.75 Å². The molecule has 1 amide bonds. The quantitative estimate of drug-likeness (QED) is 0.892. The minimum absolute atomic E-state index is 0.499. The van der Waals surface area contributed by atoms with Crippen LogP contribution in [0, 0.1) is 6.92 Å². The Labute approximate surface area is 102 Å². The zero-order valence-corrected chi connectivity index (χ0v) is 10.6. The smallest absolute Gasteiger partial charge is 0.413 e. The van der Waals surface area contributed by atoms with Crippen molar-refractivity contribution in [2.75, 3.05) is 19.5 Å². The molecule has 1 aromatic heterocycles. The molecular formula is C11H12N2O3S. The summed E-state index contributed by atoms with van der Waals surface area (Å²) in [5, 5.41) is 3.05. The average molecular weight is 252 g/mol. The molecule has 0 aliphatic carbocycles. The number of aromatic nitrogens is 1. The van der Waals surface area contributed by atoms with Gasteiger partial charge >= 0.3 is 6.09 Å². The molecule has 0 spiro atoms. The van der Waals surface area contributed by atoms with E-state index in [2.05, 4.69) is 15.0 Å². The van der Waals surface area contributed by atoms with Crippen molar-refractivity contribution in [2.45, 2.75) is 6.92 Å². The Morgan fingerprint density at radius 1 is 1.41 bits per heavy atom. The van der Waals surface area contributed by atoms with Crippen LogP contribution in [-0.4, -0.2) is 25.3 Å². The van der Waals surface area contributed by atoms with Crippen molar-refractivity contribution in [3.63, 3.8) is 0 Å². The third kappa shape index (κ3) is 2.16. The molecule has 0 radical (unpaired) electrons. The first kappa shape index (κ1) is 11.7. The van der Waals surface area contributed by atoms with Crippen molar-refractivity contribution in [1.29, 1.82) is 0 Å². The molecule has 2 aromatic rings. The molecule has 90 valence electrons. The SMILES string of the molecule is COC(=O)Nc1nc2c(OC)ccc(C)c2s1. The monoisotopic (exact) mass is 252 g/mol. The minimum atomic E-state index is -0.527. The Morgan fingerprint density at radius 3 is 2.82 bits per heavy atom. The number of benzene rings is 1. The van der Waals surface area contributed by atoms with E-state index in [9.17, 15) is 4.79 Å². The van der Waals surface area contributed by atoms with Crippen molar-refractivity contribution >= 4 is 32.8 Å². The fraction of sp³-hybridized carbons (Fsp3) is 0.273. The van der Waals surface area contributed by atoms with Gasteiger partial charge in [0.1, 0.15) is 11.3 Å². The molecule has 0 aliphatic heterocycles. The van der Waals surface area contributed by atoms with Crippen molar-refractivity contribution in [1.82, 2.24) is 4.98 Å². The lowest BCUT2D eigenvalue weighted by Gasteiger charge is -2.01. The topological polar surface area (TPSA) is 60.5 Å². The molecule has 1 heterocycles. The Balaban J connectivity index is 2.48. The second-order valence-corrected chi connectivity index (χ2v) is 4.40. The summed E-state index contributed by atoms with van der Waals surface area (Å²) in [6.07, 6.45) is -0.527. The van der Waals surface area contributed by atoms with Crippen LogP contribution in [0.5, 0.6) is 5.75 Å². The predicted octanol–water partition coefficient (Wildman–Crippen LogP) is 2.79. The van der Waals surface area contributed by atoms with Gasteiger partial charge in [0.2, 0.25) is 0 Å². The van der Waals surface area contributed by atoms with Gasteiger partial charge < -0.3 is 9.47 Å². The summed E-state index contributed by atoms with van der Waals surface area (Å²) in [5.74, 6) is 0.694. The normalized spacial score (nSPS) is 10.3. The summed E-state index contributed by atoms with van der Waals surface area (Å²) in [5.41, 5.74) is 1.85. The highest BCUT2D eigenvalue weighted by atomic mass is 32.1. The molecule has 0 unspecified atom stereocenters. The lowest BCUT2D eigenvalue weighted by Crippen LogP contribution is -2.10. The molecule has 1 N–H and O–H groups in total. The Kier molecular flexibility index (Phi) is 3.14. The number of ether oxygens (including phenoxy) is 2. The Hall–Kier alpha value is -1.82. The first-order chi connectivity index (χ1) is 8.15. The van der Waals surface area contributed by atoms with Gasteiger partial charge in [-0.15, -0.1) is 0 Å². The third-order valence-electron chi connectivity index (χ3n) is 2.32. The van der Waals surface area contributed by atoms with Gasteiger partial charge in [-0.2, -0.15) is 0 Å². The molecule has 0 saturated carbocycles. The highest BCUT2D eigenvalue weighted by Gasteiger charge is 2.12. The number of carbonyl (C=O) groups excluding carboxylic acids is 1. The zero-order valence-electron chi connectivity index (χ0n) is 9.73. The number of nitrogens with one attached hydrogen (secondary N) is 1. The van der Waals surface area contributed by atoms with Crippen molar-refractivity contribution in [3.05, 3.63) is 17.7 Å². The maximum atomic E-state index is 11.1. The summed E-state index contributed by atoms with van der Waals surface area (Å²) < 4.78 is 10.7. The summed E-state index contributed by atoms with van der Waals surface area (Å²) in [4.78, 5) is 15.4. The molecule has 0 atom stereocenters. The molecule has 0 fully saturated rings. The number of nitrogens with zero attached hydrogens (tertiary/aromatic N) is 1. The van der Waals surface area contributed by atoms with E-state index < -0.39 is 6.09 Å². The van der Waals surface area contributed by atoms with Gasteiger partial charge in [0.15, 0.2) is 5.13 Å². The van der Waals surface area contributed by atoms with Crippen molar-refractivity contribution in [2.24, 2.45) is 0 Å². The van der Waals surface area contributed by atoms with E-state index in [0.717, 1.165) is 15.8 Å². The largest absolute Gasteiger partial charge is 0.494 e. The van der Waals surface area contributed by atoms with Crippen LogP contribution in [0.1, 0.15) is 5.56 Å². The first-order valence-electron chi connectivity index (χ1n) is 4.95. The minimum Gasteiger partial charge on any atom is -0.494 e. The fourth-order valence-corrected chi connectivity index (χ4v) is 2.40. The number of amides is 1. The summed E-state index contributed by atoms with van der Waals surface area (Å²) in [6.45, 7) is 1.99. The highest BCUT2D eigenvalue weighted by Crippen LogP contribution is 2.34. The number of carbonyl (C=O) groups is 1. The van der Waals surface area contributed by atoms with E-state index in [0.29, 0.717) is 10.9 Å². The van der Waals surface area contributed by atoms with Gasteiger partial charge in [-0.05, 0) is 18.6 Å². The number of aryl methyl sites for hydroxylation is 1. The van der Waals surface area contributed by atoms with Gasteiger partial charge in [0.05, 0.1) is 18.9 Å². The lowest BCUT2D eigenvalue weighted by atomic mass is 10.2. The molecule has 0 saturated heterocycles. The lowest BCUT2D eigenvalue weighted by molar-refractivity contribution is 0.187. The molecular weight excluding hydrogens is 240 g/mol. The van der Waals surface area contributed by atoms with E-state index in [1.807, 2.05) is 19.1 Å². The van der Waals surface area contributed by atoms with E-state index in [-0.39, 0.29) is 0 Å². The van der Waals surface area contributed by atoms with E-state index in [1.54, 1.807) is 7.11 Å². The number of rotatable bonds is 2. The predicted molar refractivity (Wildman–Crippen MR) is 66.9 cm³/mol. The number of hydrogen-bond donors (Lipinski definition) is 1. The molecule has 5 nitrogen and oxygen atoms in total. The Bertz CT molecular complexity index is 565. The maximum absolute atomic E-state index is 11.1. The van der Waals surface area contributed by atoms with E-state index in [1.165, 1.54) is 18.4 Å². The number of fused-ring (bicyclic) bond motifs is 1. The number of thiazole rings is 1. The van der Waals surface area contributed by atoms with Crippen LogP contribution in [0.4, 0.5) is 9.93 Å². The number of hydrogen-bond acceptors (Lipinski definition) is 5. The van der Waals surface area contributed by atoms with E-state index in [4.69, 9.17) is 4.74 Å². The molecule has 2 rings (SSSR count). The van der Waals surface area contributed by atoms with Crippen LogP contribution in [0.15, 0.2) is 12.1 Å². The first-order valence-corrected chi connectivity index (χ1v) is 5.76.